The number of amides is 2. The zero-order valence-electron chi connectivity index (χ0n) is 14.0. The van der Waals surface area contributed by atoms with Gasteiger partial charge in [0.05, 0.1) is 18.4 Å². The molecule has 2 amide bonds. The second-order valence-corrected chi connectivity index (χ2v) is 5.46. The summed E-state index contributed by atoms with van der Waals surface area (Å²) >= 11 is 0. The van der Waals surface area contributed by atoms with Crippen molar-refractivity contribution in [3.8, 4) is 0 Å². The summed E-state index contributed by atoms with van der Waals surface area (Å²) in [6, 6.07) is 9.64. The molecule has 25 heavy (non-hydrogen) atoms. The van der Waals surface area contributed by atoms with Crippen LogP contribution in [-0.2, 0) is 11.2 Å². The smallest absolute Gasteiger partial charge is 0.338 e. The zero-order chi connectivity index (χ0) is 18.1. The van der Waals surface area contributed by atoms with Crippen molar-refractivity contribution in [2.45, 2.75) is 13.3 Å². The van der Waals surface area contributed by atoms with Gasteiger partial charge in [-0.3, -0.25) is 0 Å². The third-order valence-corrected chi connectivity index (χ3v) is 3.53. The number of anilines is 1. The van der Waals surface area contributed by atoms with Crippen LogP contribution < -0.4 is 10.6 Å². The Labute approximate surface area is 146 Å². The van der Waals surface area contributed by atoms with E-state index in [9.17, 15) is 14.7 Å². The van der Waals surface area contributed by atoms with Crippen LogP contribution in [0.1, 0.15) is 23.0 Å². The molecular formula is C18H22N2O5. The van der Waals surface area contributed by atoms with Gasteiger partial charge in [-0.2, -0.15) is 0 Å². The standard InChI is InChI=1S/C18H22N2O5/c1-2-24-17(22)14-5-7-15(8-6-14)20-18(23)19-11-13(12-21)10-16-4-3-9-25-16/h3-9,13,21H,2,10-12H2,1H3,(H2,19,20,23)/t13-/m0/s1. The molecule has 1 atom stereocenters. The van der Waals surface area contributed by atoms with E-state index in [0.29, 0.717) is 30.8 Å². The number of ether oxygens (including phenoxy) is 1. The van der Waals surface area contributed by atoms with E-state index < -0.39 is 5.97 Å². The van der Waals surface area contributed by atoms with Crippen LogP contribution in [0, 0.1) is 5.92 Å². The highest BCUT2D eigenvalue weighted by Crippen LogP contribution is 2.11. The molecule has 7 heteroatoms. The fourth-order valence-corrected chi connectivity index (χ4v) is 2.23. The molecule has 134 valence electrons. The van der Waals surface area contributed by atoms with E-state index in [2.05, 4.69) is 10.6 Å². The predicted molar refractivity (Wildman–Crippen MR) is 92.4 cm³/mol. The highest BCUT2D eigenvalue weighted by atomic mass is 16.5. The van der Waals surface area contributed by atoms with Crippen LogP contribution in [0.3, 0.4) is 0 Å². The van der Waals surface area contributed by atoms with Crippen LogP contribution in [0.25, 0.3) is 0 Å². The van der Waals surface area contributed by atoms with Crippen molar-refractivity contribution in [1.29, 1.82) is 0 Å². The van der Waals surface area contributed by atoms with Gasteiger partial charge in [-0.1, -0.05) is 0 Å². The van der Waals surface area contributed by atoms with Crippen molar-refractivity contribution < 1.29 is 23.8 Å². The van der Waals surface area contributed by atoms with Gasteiger partial charge >= 0.3 is 12.0 Å². The SMILES string of the molecule is CCOC(=O)c1ccc(NC(=O)NC[C@@H](CO)Cc2ccco2)cc1. The van der Waals surface area contributed by atoms with Gasteiger partial charge in [0.2, 0.25) is 0 Å². The summed E-state index contributed by atoms with van der Waals surface area (Å²) in [6.45, 7) is 2.30. The Morgan fingerprint density at radius 3 is 2.60 bits per heavy atom. The maximum Gasteiger partial charge on any atom is 0.338 e. The van der Waals surface area contributed by atoms with Gasteiger partial charge in [0.15, 0.2) is 0 Å². The van der Waals surface area contributed by atoms with E-state index >= 15 is 0 Å². The number of aliphatic hydroxyl groups is 1. The highest BCUT2D eigenvalue weighted by molar-refractivity contribution is 5.92. The lowest BCUT2D eigenvalue weighted by Crippen LogP contribution is -2.34. The first kappa shape index (κ1) is 18.5. The molecule has 2 rings (SSSR count). The summed E-state index contributed by atoms with van der Waals surface area (Å²) in [5, 5.41) is 14.8. The van der Waals surface area contributed by atoms with Gasteiger partial charge in [0, 0.05) is 31.2 Å². The fourth-order valence-electron chi connectivity index (χ4n) is 2.23. The predicted octanol–water partition coefficient (Wildman–Crippen LogP) is 2.43. The van der Waals surface area contributed by atoms with Crippen LogP contribution in [-0.4, -0.2) is 36.9 Å². The second kappa shape index (κ2) is 9.48. The number of rotatable bonds is 8. The van der Waals surface area contributed by atoms with Crippen LogP contribution in [0.15, 0.2) is 47.1 Å². The Morgan fingerprint density at radius 2 is 2.00 bits per heavy atom. The highest BCUT2D eigenvalue weighted by Gasteiger charge is 2.12. The molecule has 0 saturated heterocycles. The van der Waals surface area contributed by atoms with Crippen molar-refractivity contribution in [3.05, 3.63) is 54.0 Å². The number of aliphatic hydroxyl groups excluding tert-OH is 1. The lowest BCUT2D eigenvalue weighted by molar-refractivity contribution is 0.0526. The first-order valence-corrected chi connectivity index (χ1v) is 8.07. The van der Waals surface area contributed by atoms with Crippen molar-refractivity contribution in [3.63, 3.8) is 0 Å². The average Bonchev–Trinajstić information content (AvgIpc) is 3.12. The van der Waals surface area contributed by atoms with Gasteiger partial charge in [-0.15, -0.1) is 0 Å². The maximum absolute atomic E-state index is 11.9. The lowest BCUT2D eigenvalue weighted by Gasteiger charge is -2.14. The number of esters is 1. The van der Waals surface area contributed by atoms with Crippen molar-refractivity contribution in [2.24, 2.45) is 5.92 Å². The molecule has 1 aromatic heterocycles. The number of carbonyl (C=O) groups is 2. The largest absolute Gasteiger partial charge is 0.469 e. The Hall–Kier alpha value is -2.80. The average molecular weight is 346 g/mol. The minimum Gasteiger partial charge on any atom is -0.469 e. The Morgan fingerprint density at radius 1 is 1.24 bits per heavy atom. The molecule has 2 aromatic rings. The minimum absolute atomic E-state index is 0.0603. The molecule has 0 unspecified atom stereocenters. The number of urea groups is 1. The van der Waals surface area contributed by atoms with Crippen LogP contribution in [0.5, 0.6) is 0 Å². The van der Waals surface area contributed by atoms with E-state index in [1.54, 1.807) is 43.5 Å². The van der Waals surface area contributed by atoms with Gasteiger partial charge in [0.25, 0.3) is 0 Å². The molecule has 3 N–H and O–H groups in total. The van der Waals surface area contributed by atoms with Gasteiger partial charge in [0.1, 0.15) is 5.76 Å². The molecule has 0 aliphatic rings. The number of hydrogen-bond donors (Lipinski definition) is 3. The molecule has 1 aromatic carbocycles. The molecule has 7 nitrogen and oxygen atoms in total. The molecule has 0 bridgehead atoms. The summed E-state index contributed by atoms with van der Waals surface area (Å²) in [5.41, 5.74) is 0.976. The van der Waals surface area contributed by atoms with Gasteiger partial charge < -0.3 is 24.9 Å². The van der Waals surface area contributed by atoms with E-state index in [1.807, 2.05) is 6.07 Å². The monoisotopic (exact) mass is 346 g/mol. The summed E-state index contributed by atoms with van der Waals surface area (Å²) in [5.74, 6) is 0.223. The van der Waals surface area contributed by atoms with Crippen LogP contribution in [0.2, 0.25) is 0 Å². The number of benzene rings is 1. The van der Waals surface area contributed by atoms with Gasteiger partial charge in [-0.05, 0) is 43.3 Å². The van der Waals surface area contributed by atoms with Crippen molar-refractivity contribution >= 4 is 17.7 Å². The van der Waals surface area contributed by atoms with Crippen molar-refractivity contribution in [2.75, 3.05) is 25.1 Å². The van der Waals surface area contributed by atoms with E-state index in [1.165, 1.54) is 0 Å². The second-order valence-electron chi connectivity index (χ2n) is 5.46. The molecule has 0 radical (unpaired) electrons. The Kier molecular flexibility index (Phi) is 7.03. The topological polar surface area (TPSA) is 101 Å². The molecule has 0 saturated carbocycles. The van der Waals surface area contributed by atoms with E-state index in [4.69, 9.17) is 9.15 Å². The summed E-state index contributed by atoms with van der Waals surface area (Å²) in [6.07, 6.45) is 2.11. The Bertz CT molecular complexity index is 667. The summed E-state index contributed by atoms with van der Waals surface area (Å²) < 4.78 is 10.1. The minimum atomic E-state index is -0.401. The van der Waals surface area contributed by atoms with Crippen molar-refractivity contribution in [1.82, 2.24) is 5.32 Å². The fraction of sp³-hybridized carbons (Fsp3) is 0.333. The molecule has 1 heterocycles. The zero-order valence-corrected chi connectivity index (χ0v) is 14.0. The number of nitrogens with one attached hydrogen (secondary N) is 2. The lowest BCUT2D eigenvalue weighted by atomic mass is 10.1. The summed E-state index contributed by atoms with van der Waals surface area (Å²) in [4.78, 5) is 23.5. The quantitative estimate of drug-likeness (QED) is 0.637. The molecular weight excluding hydrogens is 324 g/mol. The number of carbonyl (C=O) groups excluding carboxylic acids is 2. The number of furan rings is 1. The molecule has 0 fully saturated rings. The van der Waals surface area contributed by atoms with Crippen LogP contribution >= 0.6 is 0 Å². The van der Waals surface area contributed by atoms with Crippen LogP contribution in [0.4, 0.5) is 10.5 Å². The number of hydrogen-bond acceptors (Lipinski definition) is 5. The van der Waals surface area contributed by atoms with E-state index in [0.717, 1.165) is 5.76 Å². The summed E-state index contributed by atoms with van der Waals surface area (Å²) in [7, 11) is 0. The van der Waals surface area contributed by atoms with Gasteiger partial charge in [-0.25, -0.2) is 9.59 Å². The normalized spacial score (nSPS) is 11.6. The Balaban J connectivity index is 1.80. The third-order valence-electron chi connectivity index (χ3n) is 3.53. The third kappa shape index (κ3) is 5.96. The first-order chi connectivity index (χ1) is 12.1. The first-order valence-electron chi connectivity index (χ1n) is 8.07. The molecule has 0 spiro atoms. The maximum atomic E-state index is 11.9. The molecule has 0 aliphatic carbocycles. The van der Waals surface area contributed by atoms with E-state index in [-0.39, 0.29) is 18.6 Å². The molecule has 0 aliphatic heterocycles.